The van der Waals surface area contributed by atoms with Crippen LogP contribution in [0.15, 0.2) is 6.20 Å². The number of aromatic nitrogens is 2. The minimum Gasteiger partial charge on any atom is -0.396 e. The van der Waals surface area contributed by atoms with E-state index in [2.05, 4.69) is 24.3 Å². The molecule has 1 amide bonds. The number of carbonyl (C=O) groups excluding carboxylic acids is 1. The lowest BCUT2D eigenvalue weighted by Crippen LogP contribution is -2.39. The maximum Gasteiger partial charge on any atom is 0.254 e. The molecule has 1 rings (SSSR count). The molecule has 0 aliphatic rings. The number of aliphatic hydroxyl groups is 1. The topological polar surface area (TPSA) is 67.2 Å². The summed E-state index contributed by atoms with van der Waals surface area (Å²) < 4.78 is 1.95. The molecule has 1 atom stereocenters. The zero-order chi connectivity index (χ0) is 16.0. The van der Waals surface area contributed by atoms with E-state index in [0.29, 0.717) is 18.0 Å². The van der Waals surface area contributed by atoms with E-state index in [1.807, 2.05) is 25.5 Å². The Labute approximate surface area is 127 Å². The van der Waals surface area contributed by atoms with Crippen LogP contribution in [-0.2, 0) is 0 Å². The van der Waals surface area contributed by atoms with Crippen molar-refractivity contribution in [2.75, 3.05) is 6.61 Å². The number of amides is 1. The Balaban J connectivity index is 2.88. The van der Waals surface area contributed by atoms with Gasteiger partial charge in [-0.1, -0.05) is 27.7 Å². The summed E-state index contributed by atoms with van der Waals surface area (Å²) in [6.07, 6.45) is 4.22. The normalized spacial score (nSPS) is 13.0. The summed E-state index contributed by atoms with van der Waals surface area (Å²) in [5, 5.41) is 16.5. The van der Waals surface area contributed by atoms with Gasteiger partial charge in [0.15, 0.2) is 0 Å². The minimum atomic E-state index is -0.100. The average molecular weight is 295 g/mol. The van der Waals surface area contributed by atoms with Gasteiger partial charge >= 0.3 is 0 Å². The van der Waals surface area contributed by atoms with Crippen LogP contribution < -0.4 is 5.32 Å². The van der Waals surface area contributed by atoms with Crippen molar-refractivity contribution < 1.29 is 9.90 Å². The zero-order valence-corrected chi connectivity index (χ0v) is 13.9. The van der Waals surface area contributed by atoms with Crippen molar-refractivity contribution in [3.8, 4) is 0 Å². The van der Waals surface area contributed by atoms with Crippen LogP contribution >= 0.6 is 0 Å². The molecule has 0 radical (unpaired) electrons. The van der Waals surface area contributed by atoms with Gasteiger partial charge in [0.05, 0.1) is 17.8 Å². The van der Waals surface area contributed by atoms with Gasteiger partial charge in [-0.2, -0.15) is 5.10 Å². The van der Waals surface area contributed by atoms with E-state index >= 15 is 0 Å². The van der Waals surface area contributed by atoms with Gasteiger partial charge in [-0.15, -0.1) is 0 Å². The van der Waals surface area contributed by atoms with Crippen LogP contribution in [0, 0.1) is 12.8 Å². The summed E-state index contributed by atoms with van der Waals surface area (Å²) in [6.45, 7) is 10.4. The van der Waals surface area contributed by atoms with E-state index in [1.54, 1.807) is 6.20 Å². The van der Waals surface area contributed by atoms with Crippen LogP contribution in [-0.4, -0.2) is 33.4 Å². The van der Waals surface area contributed by atoms with E-state index in [1.165, 1.54) is 0 Å². The Hall–Kier alpha value is -1.36. The summed E-state index contributed by atoms with van der Waals surface area (Å²) in [4.78, 5) is 12.4. The molecule has 5 heteroatoms. The lowest BCUT2D eigenvalue weighted by atomic mass is 10.0. The highest BCUT2D eigenvalue weighted by molar-refractivity contribution is 5.95. The first kappa shape index (κ1) is 17.7. The zero-order valence-electron chi connectivity index (χ0n) is 13.9. The second kappa shape index (κ2) is 8.17. The first-order valence-electron chi connectivity index (χ1n) is 7.91. The molecule has 0 aliphatic carbocycles. The van der Waals surface area contributed by atoms with Gasteiger partial charge in [0, 0.05) is 18.3 Å². The summed E-state index contributed by atoms with van der Waals surface area (Å²) in [5.41, 5.74) is 1.54. The number of aliphatic hydroxyl groups excluding tert-OH is 1. The average Bonchev–Trinajstić information content (AvgIpc) is 2.82. The van der Waals surface area contributed by atoms with Gasteiger partial charge < -0.3 is 10.4 Å². The molecule has 5 nitrogen and oxygen atoms in total. The molecule has 1 aromatic heterocycles. The monoisotopic (exact) mass is 295 g/mol. The minimum absolute atomic E-state index is 0.0154. The predicted octanol–water partition coefficient (Wildman–Crippen LogP) is 2.69. The van der Waals surface area contributed by atoms with Gasteiger partial charge in [0.1, 0.15) is 0 Å². The number of hydrogen-bond donors (Lipinski definition) is 2. The first-order valence-corrected chi connectivity index (χ1v) is 7.91. The molecular formula is C16H29N3O2. The Bertz CT molecular complexity index is 450. The third-order valence-electron chi connectivity index (χ3n) is 4.14. The number of carbonyl (C=O) groups is 1. The fourth-order valence-corrected chi connectivity index (χ4v) is 2.61. The van der Waals surface area contributed by atoms with E-state index in [0.717, 1.165) is 18.5 Å². The standard InChI is InChI=1S/C16H29N3O2/c1-6-13(7-2)19-12(5)14(10-17-19)16(21)18-15(8-9-20)11(3)4/h10-11,13,15,20H,6-9H2,1-5H3,(H,18,21). The molecule has 1 heterocycles. The second-order valence-electron chi connectivity index (χ2n) is 5.89. The molecule has 0 bridgehead atoms. The molecule has 21 heavy (non-hydrogen) atoms. The van der Waals surface area contributed by atoms with Gasteiger partial charge in [0.2, 0.25) is 0 Å². The smallest absolute Gasteiger partial charge is 0.254 e. The van der Waals surface area contributed by atoms with Crippen molar-refractivity contribution in [2.24, 2.45) is 5.92 Å². The van der Waals surface area contributed by atoms with Crippen molar-refractivity contribution in [3.63, 3.8) is 0 Å². The largest absolute Gasteiger partial charge is 0.396 e. The molecule has 2 N–H and O–H groups in total. The summed E-state index contributed by atoms with van der Waals surface area (Å²) in [6, 6.07) is 0.322. The maximum absolute atomic E-state index is 12.4. The lowest BCUT2D eigenvalue weighted by molar-refractivity contribution is 0.0915. The van der Waals surface area contributed by atoms with Gasteiger partial charge in [-0.05, 0) is 32.1 Å². The highest BCUT2D eigenvalue weighted by Crippen LogP contribution is 2.19. The third kappa shape index (κ3) is 4.30. The predicted molar refractivity (Wildman–Crippen MR) is 84.4 cm³/mol. The third-order valence-corrected chi connectivity index (χ3v) is 4.14. The van der Waals surface area contributed by atoms with Crippen molar-refractivity contribution in [1.82, 2.24) is 15.1 Å². The molecule has 0 saturated heterocycles. The fourth-order valence-electron chi connectivity index (χ4n) is 2.61. The van der Waals surface area contributed by atoms with Crippen LogP contribution in [0.2, 0.25) is 0 Å². The Morgan fingerprint density at radius 1 is 1.38 bits per heavy atom. The molecule has 0 saturated carbocycles. The molecular weight excluding hydrogens is 266 g/mol. The highest BCUT2D eigenvalue weighted by atomic mass is 16.3. The van der Waals surface area contributed by atoms with Crippen LogP contribution in [0.4, 0.5) is 0 Å². The van der Waals surface area contributed by atoms with Crippen LogP contribution in [0.1, 0.15) is 69.1 Å². The Kier molecular flexibility index (Phi) is 6.89. The molecule has 0 spiro atoms. The first-order chi connectivity index (χ1) is 9.96. The Morgan fingerprint density at radius 2 is 2.00 bits per heavy atom. The quantitative estimate of drug-likeness (QED) is 0.775. The fraction of sp³-hybridized carbons (Fsp3) is 0.750. The van der Waals surface area contributed by atoms with E-state index in [4.69, 9.17) is 5.11 Å². The lowest BCUT2D eigenvalue weighted by Gasteiger charge is -2.21. The number of hydrogen-bond acceptors (Lipinski definition) is 3. The number of nitrogens with zero attached hydrogens (tertiary/aromatic N) is 2. The molecule has 0 aliphatic heterocycles. The number of rotatable bonds is 8. The SMILES string of the molecule is CCC(CC)n1ncc(C(=O)NC(CCO)C(C)C)c1C. The Morgan fingerprint density at radius 3 is 2.48 bits per heavy atom. The molecule has 120 valence electrons. The molecule has 0 fully saturated rings. The van der Waals surface area contributed by atoms with E-state index < -0.39 is 0 Å². The van der Waals surface area contributed by atoms with Gasteiger partial charge in [-0.3, -0.25) is 9.48 Å². The van der Waals surface area contributed by atoms with Gasteiger partial charge in [0.25, 0.3) is 5.91 Å². The van der Waals surface area contributed by atoms with Crippen molar-refractivity contribution in [1.29, 1.82) is 0 Å². The van der Waals surface area contributed by atoms with Crippen LogP contribution in [0.25, 0.3) is 0 Å². The summed E-state index contributed by atoms with van der Waals surface area (Å²) in [5.74, 6) is 0.187. The summed E-state index contributed by atoms with van der Waals surface area (Å²) in [7, 11) is 0. The van der Waals surface area contributed by atoms with Crippen LogP contribution in [0.3, 0.4) is 0 Å². The number of nitrogens with one attached hydrogen (secondary N) is 1. The summed E-state index contributed by atoms with van der Waals surface area (Å²) >= 11 is 0. The van der Waals surface area contributed by atoms with Gasteiger partial charge in [-0.25, -0.2) is 0 Å². The van der Waals surface area contributed by atoms with Crippen LogP contribution in [0.5, 0.6) is 0 Å². The second-order valence-corrected chi connectivity index (χ2v) is 5.89. The maximum atomic E-state index is 12.4. The van der Waals surface area contributed by atoms with Crippen molar-refractivity contribution in [3.05, 3.63) is 17.5 Å². The van der Waals surface area contributed by atoms with E-state index in [9.17, 15) is 4.79 Å². The van der Waals surface area contributed by atoms with Crippen molar-refractivity contribution >= 4 is 5.91 Å². The molecule has 0 aromatic carbocycles. The molecule has 1 aromatic rings. The van der Waals surface area contributed by atoms with E-state index in [-0.39, 0.29) is 24.5 Å². The molecule has 1 unspecified atom stereocenters. The highest BCUT2D eigenvalue weighted by Gasteiger charge is 2.21. The van der Waals surface area contributed by atoms with Crippen molar-refractivity contribution in [2.45, 2.75) is 66.0 Å².